The number of hydrogen-bond donors (Lipinski definition) is 1. The van der Waals surface area contributed by atoms with Crippen LogP contribution in [0.4, 0.5) is 0 Å². The minimum Gasteiger partial charge on any atom is -0.512 e. The molecule has 1 aliphatic rings. The zero-order chi connectivity index (χ0) is 37.1. The number of aliphatic hydroxyl groups excluding tert-OH is 1. The molecule has 0 spiro atoms. The van der Waals surface area contributed by atoms with E-state index in [1.165, 1.54) is 57.2 Å². The van der Waals surface area contributed by atoms with Crippen molar-refractivity contribution >= 4 is 91.7 Å². The van der Waals surface area contributed by atoms with Gasteiger partial charge in [0.05, 0.1) is 11.3 Å². The van der Waals surface area contributed by atoms with E-state index in [9.17, 15) is 9.90 Å². The normalized spacial score (nSPS) is 13.1. The largest absolute Gasteiger partial charge is 0.512 e. The van der Waals surface area contributed by atoms with Crippen LogP contribution in [0.2, 0.25) is 0 Å². The topological polar surface area (TPSA) is 63.1 Å². The summed E-state index contributed by atoms with van der Waals surface area (Å²) in [5, 5.41) is 12.4. The number of carbonyl (C=O) groups excluding carboxylic acids is 1. The Kier molecular flexibility index (Phi) is 14.1. The fourth-order valence-electron chi connectivity index (χ4n) is 7.20. The SMILES string of the molecule is CC(C)Cc1ccc2c(c1)sc1c(-c3[c-]c4sc5c6c(sc5c4c(C(C)C)c3)C=CCC=C6)ncnc12.CCC(CC)C(=O)/C=C(\O)C(CC)CC.[Ir]. The number of thiophene rings is 3. The van der Waals surface area contributed by atoms with Gasteiger partial charge < -0.3 is 5.11 Å². The summed E-state index contributed by atoms with van der Waals surface area (Å²) in [6.45, 7) is 17.2. The molecule has 7 rings (SSSR count). The monoisotopic (exact) mass is 940 g/mol. The van der Waals surface area contributed by atoms with Crippen LogP contribution in [0.25, 0.3) is 63.2 Å². The Morgan fingerprint density at radius 2 is 1.60 bits per heavy atom. The molecule has 0 saturated carbocycles. The Morgan fingerprint density at radius 1 is 0.887 bits per heavy atom. The molecule has 2 aromatic carbocycles. The molecule has 4 aromatic heterocycles. The first-order valence-corrected chi connectivity index (χ1v) is 21.4. The second-order valence-corrected chi connectivity index (χ2v) is 17.7. The number of allylic oxidation sites excluding steroid dienone is 4. The molecule has 6 aromatic rings. The summed E-state index contributed by atoms with van der Waals surface area (Å²) in [7, 11) is 0. The molecule has 4 heterocycles. The van der Waals surface area contributed by atoms with Crippen LogP contribution in [0.1, 0.15) is 115 Å². The van der Waals surface area contributed by atoms with E-state index in [1.807, 2.05) is 61.7 Å². The van der Waals surface area contributed by atoms with Gasteiger partial charge in [-0.25, -0.2) is 4.98 Å². The van der Waals surface area contributed by atoms with Crippen molar-refractivity contribution in [3.8, 4) is 11.3 Å². The van der Waals surface area contributed by atoms with Gasteiger partial charge in [-0.15, -0.1) is 45.9 Å². The second-order valence-electron chi connectivity index (χ2n) is 14.6. The van der Waals surface area contributed by atoms with Crippen LogP contribution in [0.3, 0.4) is 0 Å². The summed E-state index contributed by atoms with van der Waals surface area (Å²) in [5.74, 6) is 1.59. The molecule has 0 unspecified atom stereocenters. The van der Waals surface area contributed by atoms with E-state index >= 15 is 0 Å². The average molecular weight is 940 g/mol. The Hall–Kier alpha value is -3.00. The van der Waals surface area contributed by atoms with Gasteiger partial charge in [0.15, 0.2) is 5.78 Å². The molecule has 1 radical (unpaired) electrons. The predicted molar refractivity (Wildman–Crippen MR) is 229 cm³/mol. The third-order valence-corrected chi connectivity index (χ3v) is 13.8. The summed E-state index contributed by atoms with van der Waals surface area (Å²) < 4.78 is 6.48. The number of rotatable bonds is 11. The number of ketones is 1. The minimum absolute atomic E-state index is 0. The number of benzene rings is 2. The number of nitrogens with zero attached hydrogens (tertiary/aromatic N) is 2. The molecule has 0 saturated heterocycles. The first-order valence-electron chi connectivity index (χ1n) is 19.0. The number of hydrogen-bond acceptors (Lipinski definition) is 7. The van der Waals surface area contributed by atoms with Crippen LogP contribution in [0, 0.1) is 23.8 Å². The average Bonchev–Trinajstić information content (AvgIpc) is 3.71. The van der Waals surface area contributed by atoms with Crippen molar-refractivity contribution in [3.05, 3.63) is 82.2 Å². The third-order valence-electron chi connectivity index (χ3n) is 10.2. The van der Waals surface area contributed by atoms with Crippen LogP contribution in [-0.2, 0) is 31.3 Å². The summed E-state index contributed by atoms with van der Waals surface area (Å²) in [5.41, 5.74) is 7.26. The van der Waals surface area contributed by atoms with Crippen molar-refractivity contribution in [2.45, 2.75) is 99.8 Å². The number of aromatic nitrogens is 2. The maximum Gasteiger partial charge on any atom is 0.162 e. The first kappa shape index (κ1) is 41.2. The van der Waals surface area contributed by atoms with Gasteiger partial charge in [-0.2, -0.15) is 11.3 Å². The number of fused-ring (bicyclic) bond motifs is 8. The van der Waals surface area contributed by atoms with Crippen molar-refractivity contribution in [2.24, 2.45) is 17.8 Å². The van der Waals surface area contributed by atoms with Crippen molar-refractivity contribution in [3.63, 3.8) is 0 Å². The van der Waals surface area contributed by atoms with Gasteiger partial charge in [-0.1, -0.05) is 91.1 Å². The van der Waals surface area contributed by atoms with Crippen LogP contribution >= 0.6 is 34.0 Å². The van der Waals surface area contributed by atoms with Crippen LogP contribution in [-0.4, -0.2) is 20.9 Å². The van der Waals surface area contributed by atoms with Crippen LogP contribution in [0.5, 0.6) is 0 Å². The molecule has 1 N–H and O–H groups in total. The predicted octanol–water partition coefficient (Wildman–Crippen LogP) is 14.4. The molecule has 8 heteroatoms. The van der Waals surface area contributed by atoms with Crippen molar-refractivity contribution in [1.29, 1.82) is 0 Å². The quantitative estimate of drug-likeness (QED) is 0.0799. The molecule has 0 aliphatic heterocycles. The standard InChI is InChI=1S/C32H27N2S3.C13H24O2.Ir/c1-17(2)12-19-10-11-21-25(13-19)36-32-28(33-16-34-29(21)32)20-14-23(18(3)4)27-26(15-20)37-30-22-8-6-5-7-9-24(22)35-31(27)30;1-5-10(6-2)12(14)9-13(15)11(7-3)8-4;/h6-11,13-14,16-18H,5,12H2,1-4H3;9-11,14H,5-8H2,1-4H3;/q-1;;/b;12-9-;. The maximum absolute atomic E-state index is 11.7. The maximum atomic E-state index is 11.7. The summed E-state index contributed by atoms with van der Waals surface area (Å²) in [4.78, 5) is 22.6. The van der Waals surface area contributed by atoms with Gasteiger partial charge in [0, 0.05) is 78.3 Å². The summed E-state index contributed by atoms with van der Waals surface area (Å²) >= 11 is 5.62. The van der Waals surface area contributed by atoms with Gasteiger partial charge in [-0.05, 0) is 72.8 Å². The second kappa shape index (κ2) is 18.1. The molecule has 0 atom stereocenters. The Morgan fingerprint density at radius 3 is 2.28 bits per heavy atom. The molecule has 0 amide bonds. The van der Waals surface area contributed by atoms with Gasteiger partial charge in [0.2, 0.25) is 0 Å². The zero-order valence-electron chi connectivity index (χ0n) is 32.1. The van der Waals surface area contributed by atoms with E-state index in [1.54, 1.807) is 6.33 Å². The minimum atomic E-state index is 0. The van der Waals surface area contributed by atoms with Crippen molar-refractivity contribution < 1.29 is 30.0 Å². The van der Waals surface area contributed by atoms with E-state index < -0.39 is 0 Å². The summed E-state index contributed by atoms with van der Waals surface area (Å²) in [6.07, 6.45) is 17.8. The molecular weight excluding hydrogens is 889 g/mol. The molecule has 53 heavy (non-hydrogen) atoms. The van der Waals surface area contributed by atoms with Crippen molar-refractivity contribution in [2.75, 3.05) is 0 Å². The van der Waals surface area contributed by atoms with E-state index in [0.717, 1.165) is 60.0 Å². The van der Waals surface area contributed by atoms with Crippen LogP contribution < -0.4 is 0 Å². The van der Waals surface area contributed by atoms with Gasteiger partial charge in [-0.3, -0.25) is 9.78 Å². The zero-order valence-corrected chi connectivity index (χ0v) is 37.0. The van der Waals surface area contributed by atoms with E-state index in [2.05, 4.69) is 82.3 Å². The van der Waals surface area contributed by atoms with E-state index in [0.29, 0.717) is 11.8 Å². The number of aliphatic hydroxyl groups is 1. The molecule has 0 fully saturated rings. The molecule has 1 aliphatic carbocycles. The van der Waals surface area contributed by atoms with Gasteiger partial charge in [0.25, 0.3) is 0 Å². The Bertz CT molecular complexity index is 2310. The van der Waals surface area contributed by atoms with Crippen molar-refractivity contribution in [1.82, 2.24) is 9.97 Å². The third kappa shape index (κ3) is 8.63. The van der Waals surface area contributed by atoms with E-state index in [-0.39, 0.29) is 43.5 Å². The Balaban J connectivity index is 0.000000290. The van der Waals surface area contributed by atoms with Gasteiger partial charge >= 0.3 is 0 Å². The molecule has 4 nitrogen and oxygen atoms in total. The van der Waals surface area contributed by atoms with E-state index in [4.69, 9.17) is 9.97 Å². The van der Waals surface area contributed by atoms with Crippen LogP contribution in [0.15, 0.2) is 54.6 Å². The molecule has 281 valence electrons. The molecule has 0 bridgehead atoms. The Labute approximate surface area is 340 Å². The number of carbonyl (C=O) groups is 1. The fourth-order valence-corrected chi connectivity index (χ4v) is 11.2. The smallest absolute Gasteiger partial charge is 0.162 e. The summed E-state index contributed by atoms with van der Waals surface area (Å²) in [6, 6.07) is 13.0. The van der Waals surface area contributed by atoms with Gasteiger partial charge in [0.1, 0.15) is 6.33 Å². The first-order chi connectivity index (χ1) is 25.1. The molecular formula is C45H51IrN2O2S3-. The fraction of sp³-hybridized carbons (Fsp3) is 0.400.